The third-order valence-corrected chi connectivity index (χ3v) is 6.29. The summed E-state index contributed by atoms with van der Waals surface area (Å²) < 4.78 is 33.4. The molecule has 0 aliphatic heterocycles. The second kappa shape index (κ2) is 8.64. The number of hydrogen-bond acceptors (Lipinski definition) is 9. The van der Waals surface area contributed by atoms with Crippen molar-refractivity contribution >= 4 is 21.9 Å². The Bertz CT molecular complexity index is 970. The van der Waals surface area contributed by atoms with Gasteiger partial charge in [-0.05, 0) is 40.8 Å². The molecule has 1 fully saturated rings. The van der Waals surface area contributed by atoms with E-state index < -0.39 is 32.3 Å². The standard InChI is InChI=1S/C17H22N6O5S/c1-28-16(25)13-5-8-18-15(9-13)29(26,27)20-14(24)10-17(6-3-2-4-7-17)11-23-12-19-21-22-23/h5,8-9,12H,2-4,6-7,10-11H2,1H3,(H,20,24). The quantitative estimate of drug-likeness (QED) is 0.637. The summed E-state index contributed by atoms with van der Waals surface area (Å²) in [6.45, 7) is 0.434. The van der Waals surface area contributed by atoms with Gasteiger partial charge in [-0.15, -0.1) is 5.10 Å². The van der Waals surface area contributed by atoms with E-state index in [0.29, 0.717) is 6.54 Å². The summed E-state index contributed by atoms with van der Waals surface area (Å²) >= 11 is 0. The highest BCUT2D eigenvalue weighted by Gasteiger charge is 2.36. The molecule has 2 aromatic rings. The SMILES string of the molecule is COC(=O)c1ccnc(S(=O)(=O)NC(=O)CC2(Cn3cnnn3)CCCCC2)c1. The lowest BCUT2D eigenvalue weighted by Gasteiger charge is -2.36. The maximum atomic E-state index is 12.6. The van der Waals surface area contributed by atoms with Crippen LogP contribution in [0.5, 0.6) is 0 Å². The van der Waals surface area contributed by atoms with Crippen LogP contribution in [0.2, 0.25) is 0 Å². The highest BCUT2D eigenvalue weighted by Crippen LogP contribution is 2.40. The van der Waals surface area contributed by atoms with Crippen LogP contribution in [0.25, 0.3) is 0 Å². The van der Waals surface area contributed by atoms with Gasteiger partial charge in [-0.1, -0.05) is 19.3 Å². The minimum atomic E-state index is -4.23. The van der Waals surface area contributed by atoms with Gasteiger partial charge in [0.1, 0.15) is 6.33 Å². The van der Waals surface area contributed by atoms with Crippen LogP contribution >= 0.6 is 0 Å². The maximum absolute atomic E-state index is 12.6. The Hall–Kier alpha value is -2.89. The van der Waals surface area contributed by atoms with E-state index in [9.17, 15) is 18.0 Å². The summed E-state index contributed by atoms with van der Waals surface area (Å²) in [4.78, 5) is 28.0. The zero-order chi connectivity index (χ0) is 20.9. The number of methoxy groups -OCH3 is 1. The van der Waals surface area contributed by atoms with E-state index >= 15 is 0 Å². The van der Waals surface area contributed by atoms with Crippen molar-refractivity contribution in [1.82, 2.24) is 29.9 Å². The van der Waals surface area contributed by atoms with E-state index in [1.165, 1.54) is 25.7 Å². The van der Waals surface area contributed by atoms with Gasteiger partial charge in [0.2, 0.25) is 5.91 Å². The highest BCUT2D eigenvalue weighted by molar-refractivity contribution is 7.90. The molecular formula is C17H22N6O5S. The first-order valence-corrected chi connectivity index (χ1v) is 10.6. The number of nitrogens with one attached hydrogen (secondary N) is 1. The molecule has 0 unspecified atom stereocenters. The van der Waals surface area contributed by atoms with Gasteiger partial charge < -0.3 is 4.74 Å². The van der Waals surface area contributed by atoms with E-state index in [0.717, 1.165) is 38.2 Å². The van der Waals surface area contributed by atoms with Crippen molar-refractivity contribution in [2.24, 2.45) is 5.41 Å². The molecule has 0 spiro atoms. The lowest BCUT2D eigenvalue weighted by molar-refractivity contribution is -0.122. The van der Waals surface area contributed by atoms with Crippen LogP contribution in [-0.2, 0) is 26.1 Å². The van der Waals surface area contributed by atoms with Crippen LogP contribution in [0.1, 0.15) is 48.9 Å². The first-order valence-electron chi connectivity index (χ1n) is 9.14. The predicted molar refractivity (Wildman–Crippen MR) is 98.9 cm³/mol. The Morgan fingerprint density at radius 2 is 2.03 bits per heavy atom. The third kappa shape index (κ3) is 5.13. The van der Waals surface area contributed by atoms with Crippen LogP contribution < -0.4 is 4.72 Å². The number of esters is 1. The summed E-state index contributed by atoms with van der Waals surface area (Å²) in [6.07, 6.45) is 7.19. The van der Waals surface area contributed by atoms with Crippen LogP contribution in [0, 0.1) is 5.41 Å². The van der Waals surface area contributed by atoms with Crippen molar-refractivity contribution in [3.63, 3.8) is 0 Å². The van der Waals surface area contributed by atoms with Crippen molar-refractivity contribution in [3.8, 4) is 0 Å². The van der Waals surface area contributed by atoms with Gasteiger partial charge in [0.05, 0.1) is 19.2 Å². The number of sulfonamides is 1. The number of aromatic nitrogens is 5. The third-order valence-electron chi connectivity index (χ3n) is 5.02. The summed E-state index contributed by atoms with van der Waals surface area (Å²) in [6, 6.07) is 2.40. The number of ether oxygens (including phenoxy) is 1. The molecule has 1 aliphatic rings. The normalized spacial score (nSPS) is 16.2. The van der Waals surface area contributed by atoms with Crippen LogP contribution in [0.3, 0.4) is 0 Å². The topological polar surface area (TPSA) is 146 Å². The largest absolute Gasteiger partial charge is 0.465 e. The highest BCUT2D eigenvalue weighted by atomic mass is 32.2. The predicted octanol–water partition coefficient (Wildman–Crippen LogP) is 0.700. The average Bonchev–Trinajstić information content (AvgIpc) is 3.20. The fraction of sp³-hybridized carbons (Fsp3) is 0.529. The molecule has 0 atom stereocenters. The molecule has 0 bridgehead atoms. The zero-order valence-corrected chi connectivity index (χ0v) is 16.8. The number of carbonyl (C=O) groups excluding carboxylic acids is 2. The van der Waals surface area contributed by atoms with Crippen molar-refractivity contribution in [3.05, 3.63) is 30.2 Å². The van der Waals surface area contributed by atoms with Crippen molar-refractivity contribution in [2.45, 2.75) is 50.1 Å². The number of pyridine rings is 1. The Labute approximate surface area is 167 Å². The molecule has 0 aromatic carbocycles. The Morgan fingerprint density at radius 3 is 2.69 bits per heavy atom. The van der Waals surface area contributed by atoms with Gasteiger partial charge in [-0.3, -0.25) is 4.79 Å². The first-order chi connectivity index (χ1) is 13.8. The second-order valence-electron chi connectivity index (χ2n) is 7.15. The van der Waals surface area contributed by atoms with Crippen molar-refractivity contribution < 1.29 is 22.7 Å². The smallest absolute Gasteiger partial charge is 0.338 e. The van der Waals surface area contributed by atoms with Gasteiger partial charge in [0.15, 0.2) is 5.03 Å². The summed E-state index contributed by atoms with van der Waals surface area (Å²) in [7, 11) is -3.04. The Balaban J connectivity index is 1.74. The minimum absolute atomic E-state index is 0.0166. The number of hydrogen-bond donors (Lipinski definition) is 1. The molecule has 1 aliphatic carbocycles. The summed E-state index contributed by atoms with van der Waals surface area (Å²) in [5.41, 5.74) is -0.396. The maximum Gasteiger partial charge on any atom is 0.338 e. The zero-order valence-electron chi connectivity index (χ0n) is 15.9. The molecule has 1 saturated carbocycles. The van der Waals surface area contributed by atoms with Crippen LogP contribution in [-0.4, -0.2) is 52.6 Å². The second-order valence-corrected chi connectivity index (χ2v) is 8.78. The van der Waals surface area contributed by atoms with Crippen LogP contribution in [0.4, 0.5) is 0 Å². The van der Waals surface area contributed by atoms with E-state index in [1.807, 2.05) is 0 Å². The van der Waals surface area contributed by atoms with Crippen molar-refractivity contribution in [2.75, 3.05) is 7.11 Å². The number of carbonyl (C=O) groups is 2. The molecule has 0 saturated heterocycles. The van der Waals surface area contributed by atoms with Gasteiger partial charge in [-0.25, -0.2) is 19.2 Å². The van der Waals surface area contributed by atoms with Crippen molar-refractivity contribution in [1.29, 1.82) is 0 Å². The van der Waals surface area contributed by atoms with Gasteiger partial charge in [0.25, 0.3) is 10.0 Å². The van der Waals surface area contributed by atoms with E-state index in [1.54, 1.807) is 4.68 Å². The first kappa shape index (κ1) is 20.8. The molecule has 11 nitrogen and oxygen atoms in total. The van der Waals surface area contributed by atoms with E-state index in [-0.39, 0.29) is 12.0 Å². The summed E-state index contributed by atoms with van der Waals surface area (Å²) in [5.74, 6) is -1.33. The Morgan fingerprint density at radius 1 is 1.28 bits per heavy atom. The van der Waals surface area contributed by atoms with Crippen LogP contribution in [0.15, 0.2) is 29.7 Å². The molecular weight excluding hydrogens is 400 g/mol. The molecule has 3 rings (SSSR count). The molecule has 1 N–H and O–H groups in total. The lowest BCUT2D eigenvalue weighted by Crippen LogP contribution is -2.39. The van der Waals surface area contributed by atoms with Gasteiger partial charge in [-0.2, -0.15) is 8.42 Å². The monoisotopic (exact) mass is 422 g/mol. The molecule has 29 heavy (non-hydrogen) atoms. The van der Waals surface area contributed by atoms with Gasteiger partial charge in [0, 0.05) is 12.6 Å². The summed E-state index contributed by atoms with van der Waals surface area (Å²) in [5, 5.41) is 10.7. The number of tetrazole rings is 1. The van der Waals surface area contributed by atoms with E-state index in [2.05, 4.69) is 30.0 Å². The fourth-order valence-electron chi connectivity index (χ4n) is 3.67. The Kier molecular flexibility index (Phi) is 6.20. The number of amides is 1. The molecule has 0 radical (unpaired) electrons. The van der Waals surface area contributed by atoms with E-state index in [4.69, 9.17) is 0 Å². The fourth-order valence-corrected chi connectivity index (χ4v) is 4.63. The molecule has 1 amide bonds. The minimum Gasteiger partial charge on any atom is -0.465 e. The molecule has 2 aromatic heterocycles. The van der Waals surface area contributed by atoms with Gasteiger partial charge >= 0.3 is 5.97 Å². The molecule has 12 heteroatoms. The molecule has 2 heterocycles. The lowest BCUT2D eigenvalue weighted by atomic mass is 9.71. The molecule has 156 valence electrons. The average molecular weight is 422 g/mol. The number of rotatable bonds is 7. The number of nitrogens with zero attached hydrogens (tertiary/aromatic N) is 5.